The van der Waals surface area contributed by atoms with E-state index in [2.05, 4.69) is 12.2 Å². The molecule has 1 rings (SSSR count). The zero-order valence-corrected chi connectivity index (χ0v) is 10.7. The van der Waals surface area contributed by atoms with E-state index in [9.17, 15) is 8.78 Å². The number of nitrogens with one attached hydrogen (secondary N) is 1. The Kier molecular flexibility index (Phi) is 6.45. The fraction of sp³-hybridized carbons (Fsp3) is 0.538. The van der Waals surface area contributed by atoms with E-state index < -0.39 is 11.6 Å². The number of hydrogen-bond acceptors (Lipinski definition) is 1. The fourth-order valence-corrected chi connectivity index (χ4v) is 1.98. The summed E-state index contributed by atoms with van der Waals surface area (Å²) in [5.41, 5.74) is 0.754. The number of halogens is 3. The van der Waals surface area contributed by atoms with Crippen molar-refractivity contribution in [3.63, 3.8) is 0 Å². The Balaban J connectivity index is 2.37. The van der Waals surface area contributed by atoms with Gasteiger partial charge in [0.05, 0.1) is 0 Å². The molecule has 1 N–H and O–H groups in total. The largest absolute Gasteiger partial charge is 0.312 e. The van der Waals surface area contributed by atoms with Crippen molar-refractivity contribution in [1.29, 1.82) is 0 Å². The lowest BCUT2D eigenvalue weighted by molar-refractivity contribution is 0.450. The van der Waals surface area contributed by atoms with E-state index in [4.69, 9.17) is 11.6 Å². The lowest BCUT2D eigenvalue weighted by atomic mass is 10.0. The van der Waals surface area contributed by atoms with Crippen molar-refractivity contribution in [2.45, 2.75) is 26.3 Å². The van der Waals surface area contributed by atoms with Crippen LogP contribution in [0.2, 0.25) is 0 Å². The first-order chi connectivity index (χ1) is 8.17. The average molecular weight is 262 g/mol. The van der Waals surface area contributed by atoms with Gasteiger partial charge in [-0.3, -0.25) is 0 Å². The third kappa shape index (κ3) is 5.00. The van der Waals surface area contributed by atoms with E-state index in [0.29, 0.717) is 18.3 Å². The predicted octanol–water partition coefficient (Wildman–Crippen LogP) is 3.71. The molecule has 1 unspecified atom stereocenters. The van der Waals surface area contributed by atoms with Gasteiger partial charge in [-0.05, 0) is 36.6 Å². The molecule has 4 heteroatoms. The summed E-state index contributed by atoms with van der Waals surface area (Å²) in [4.78, 5) is 0. The molecule has 0 fully saturated rings. The van der Waals surface area contributed by atoms with Gasteiger partial charge in [-0.2, -0.15) is 0 Å². The molecule has 1 aromatic carbocycles. The zero-order chi connectivity index (χ0) is 12.7. The Bertz CT molecular complexity index is 344. The fourth-order valence-electron chi connectivity index (χ4n) is 1.68. The van der Waals surface area contributed by atoms with Crippen LogP contribution in [0.4, 0.5) is 8.78 Å². The van der Waals surface area contributed by atoms with Gasteiger partial charge in [-0.15, -0.1) is 11.6 Å². The van der Waals surface area contributed by atoms with E-state index in [1.165, 1.54) is 6.07 Å². The van der Waals surface area contributed by atoms with E-state index in [1.807, 2.05) is 0 Å². The number of benzene rings is 1. The van der Waals surface area contributed by atoms with E-state index >= 15 is 0 Å². The van der Waals surface area contributed by atoms with Crippen molar-refractivity contribution in [3.8, 4) is 0 Å². The summed E-state index contributed by atoms with van der Waals surface area (Å²) >= 11 is 5.69. The Morgan fingerprint density at radius 1 is 1.29 bits per heavy atom. The van der Waals surface area contributed by atoms with Gasteiger partial charge in [0.25, 0.3) is 0 Å². The van der Waals surface area contributed by atoms with Crippen molar-refractivity contribution in [2.75, 3.05) is 12.4 Å². The molecule has 17 heavy (non-hydrogen) atoms. The molecule has 0 aliphatic heterocycles. The third-order valence-corrected chi connectivity index (χ3v) is 3.06. The first-order valence-electron chi connectivity index (χ1n) is 5.88. The van der Waals surface area contributed by atoms with Gasteiger partial charge in [-0.1, -0.05) is 19.4 Å². The van der Waals surface area contributed by atoms with Crippen molar-refractivity contribution in [3.05, 3.63) is 35.4 Å². The van der Waals surface area contributed by atoms with Crippen molar-refractivity contribution < 1.29 is 8.78 Å². The molecule has 96 valence electrons. The maximum atomic E-state index is 12.9. The minimum atomic E-state index is -0.803. The van der Waals surface area contributed by atoms with Gasteiger partial charge in [0, 0.05) is 12.4 Å². The second-order valence-corrected chi connectivity index (χ2v) is 4.51. The van der Waals surface area contributed by atoms with Gasteiger partial charge < -0.3 is 5.32 Å². The van der Waals surface area contributed by atoms with Crippen LogP contribution in [0, 0.1) is 17.6 Å². The smallest absolute Gasteiger partial charge is 0.159 e. The van der Waals surface area contributed by atoms with Crippen LogP contribution >= 0.6 is 11.6 Å². The minimum absolute atomic E-state index is 0.540. The number of rotatable bonds is 7. The lowest BCUT2D eigenvalue weighted by Gasteiger charge is -2.14. The third-order valence-electron chi connectivity index (χ3n) is 2.84. The van der Waals surface area contributed by atoms with Gasteiger partial charge in [0.15, 0.2) is 11.6 Å². The highest BCUT2D eigenvalue weighted by Crippen LogP contribution is 2.10. The molecule has 1 nitrogen and oxygen atoms in total. The van der Waals surface area contributed by atoms with Crippen LogP contribution in [0.3, 0.4) is 0 Å². The molecule has 0 bridgehead atoms. The molecule has 0 saturated carbocycles. The lowest BCUT2D eigenvalue weighted by Crippen LogP contribution is -2.22. The number of alkyl halides is 1. The van der Waals surface area contributed by atoms with Crippen LogP contribution in [0.15, 0.2) is 18.2 Å². The highest BCUT2D eigenvalue weighted by molar-refractivity contribution is 6.17. The predicted molar refractivity (Wildman–Crippen MR) is 67.2 cm³/mol. The van der Waals surface area contributed by atoms with Crippen molar-refractivity contribution in [1.82, 2.24) is 5.32 Å². The summed E-state index contributed by atoms with van der Waals surface area (Å²) in [7, 11) is 0. The molecule has 0 spiro atoms. The summed E-state index contributed by atoms with van der Waals surface area (Å²) in [5.74, 6) is -0.400. The summed E-state index contributed by atoms with van der Waals surface area (Å²) in [6.07, 6.45) is 2.04. The molecule has 1 aromatic rings. The topological polar surface area (TPSA) is 12.0 Å². The molecule has 0 amide bonds. The normalized spacial score (nSPS) is 12.7. The summed E-state index contributed by atoms with van der Waals surface area (Å²) in [6.45, 7) is 3.52. The maximum absolute atomic E-state index is 12.9. The van der Waals surface area contributed by atoms with Gasteiger partial charge in [0.2, 0.25) is 0 Å². The highest BCUT2D eigenvalue weighted by Gasteiger charge is 2.06. The standard InChI is InChI=1S/C13H18ClF2N/c1-2-10(5-6-14)8-17-9-11-3-4-12(15)13(16)7-11/h3-4,7,10,17H,2,5-6,8-9H2,1H3. The monoisotopic (exact) mass is 261 g/mol. The van der Waals surface area contributed by atoms with Crippen LogP contribution in [0.5, 0.6) is 0 Å². The Morgan fingerprint density at radius 3 is 2.65 bits per heavy atom. The zero-order valence-electron chi connectivity index (χ0n) is 9.98. The van der Waals surface area contributed by atoms with Crippen molar-refractivity contribution >= 4 is 11.6 Å². The highest BCUT2D eigenvalue weighted by atomic mass is 35.5. The molecule has 0 aliphatic rings. The Hall–Kier alpha value is -0.670. The Morgan fingerprint density at radius 2 is 2.06 bits per heavy atom. The second-order valence-electron chi connectivity index (χ2n) is 4.13. The van der Waals surface area contributed by atoms with Crippen LogP contribution in [0.1, 0.15) is 25.3 Å². The van der Waals surface area contributed by atoms with Crippen LogP contribution in [0.25, 0.3) is 0 Å². The van der Waals surface area contributed by atoms with E-state index in [0.717, 1.165) is 31.0 Å². The quantitative estimate of drug-likeness (QED) is 0.738. The van der Waals surface area contributed by atoms with E-state index in [-0.39, 0.29) is 0 Å². The first-order valence-corrected chi connectivity index (χ1v) is 6.41. The summed E-state index contributed by atoms with van der Waals surface area (Å²) < 4.78 is 25.6. The van der Waals surface area contributed by atoms with Crippen LogP contribution < -0.4 is 5.32 Å². The molecule has 1 atom stereocenters. The molecule has 0 heterocycles. The van der Waals surface area contributed by atoms with Gasteiger partial charge in [0.1, 0.15) is 0 Å². The maximum Gasteiger partial charge on any atom is 0.159 e. The second kappa shape index (κ2) is 7.62. The van der Waals surface area contributed by atoms with Crippen LogP contribution in [-0.2, 0) is 6.54 Å². The molecule has 0 radical (unpaired) electrons. The number of hydrogen-bond donors (Lipinski definition) is 1. The Labute approximate surface area is 106 Å². The van der Waals surface area contributed by atoms with E-state index in [1.54, 1.807) is 6.07 Å². The first kappa shape index (κ1) is 14.4. The summed E-state index contributed by atoms with van der Waals surface area (Å²) in [6, 6.07) is 3.97. The van der Waals surface area contributed by atoms with Gasteiger partial charge >= 0.3 is 0 Å². The summed E-state index contributed by atoms with van der Waals surface area (Å²) in [5, 5.41) is 3.24. The van der Waals surface area contributed by atoms with Crippen LogP contribution in [-0.4, -0.2) is 12.4 Å². The molecular formula is C13H18ClF2N. The van der Waals surface area contributed by atoms with Gasteiger partial charge in [-0.25, -0.2) is 8.78 Å². The SMILES string of the molecule is CCC(CCCl)CNCc1ccc(F)c(F)c1. The molecule has 0 aromatic heterocycles. The molecular weight excluding hydrogens is 244 g/mol. The molecule has 0 aliphatic carbocycles. The average Bonchev–Trinajstić information content (AvgIpc) is 2.32. The van der Waals surface area contributed by atoms with Crippen molar-refractivity contribution in [2.24, 2.45) is 5.92 Å². The molecule has 0 saturated heterocycles. The minimum Gasteiger partial charge on any atom is -0.312 e.